The number of rotatable bonds is 7. The zero-order valence-electron chi connectivity index (χ0n) is 16.7. The average molecular weight is 469 g/mol. The normalized spacial score (nSPS) is 16.9. The highest BCUT2D eigenvalue weighted by Crippen LogP contribution is 2.36. The van der Waals surface area contributed by atoms with Crippen molar-refractivity contribution in [3.05, 3.63) is 64.7 Å². The number of hydrogen-bond acceptors (Lipinski definition) is 7. The summed E-state index contributed by atoms with van der Waals surface area (Å²) in [4.78, 5) is 14.8. The second-order valence-corrected chi connectivity index (χ2v) is 11.6. The number of halogens is 1. The predicted molar refractivity (Wildman–Crippen MR) is 120 cm³/mol. The number of methoxy groups -OCH3 is 1. The van der Waals surface area contributed by atoms with Crippen molar-refractivity contribution in [3.8, 4) is 0 Å². The molecule has 1 atom stereocenters. The standard InChI is InChI=1S/C21H25ClN2O4S2/c1-28-21(25)20(18-4-2-3-5-19(18)22)24-12-10-16(11-13-24)29-30(26,27)17-8-6-15(14-23)7-9-17/h2-9,16,20H,10-14,23H2,1H3. The Balaban J connectivity index is 1.68. The highest BCUT2D eigenvalue weighted by molar-refractivity contribution is 8.72. The number of nitrogens with two attached hydrogens (primary N) is 1. The molecule has 1 fully saturated rings. The molecule has 1 unspecified atom stereocenters. The lowest BCUT2D eigenvalue weighted by atomic mass is 10.0. The number of esters is 1. The maximum absolute atomic E-state index is 12.8. The lowest BCUT2D eigenvalue weighted by molar-refractivity contribution is -0.147. The van der Waals surface area contributed by atoms with Gasteiger partial charge < -0.3 is 10.5 Å². The van der Waals surface area contributed by atoms with E-state index >= 15 is 0 Å². The Bertz CT molecular complexity index is 975. The molecule has 0 aromatic heterocycles. The summed E-state index contributed by atoms with van der Waals surface area (Å²) in [6.45, 7) is 1.52. The van der Waals surface area contributed by atoms with E-state index in [1.165, 1.54) is 7.11 Å². The number of carbonyl (C=O) groups excluding carboxylic acids is 1. The molecule has 3 rings (SSSR count). The van der Waals surface area contributed by atoms with Crippen LogP contribution in [0, 0.1) is 0 Å². The molecule has 6 nitrogen and oxygen atoms in total. The van der Waals surface area contributed by atoms with Crippen molar-refractivity contribution in [2.45, 2.75) is 35.6 Å². The van der Waals surface area contributed by atoms with E-state index in [9.17, 15) is 13.2 Å². The molecule has 1 saturated heterocycles. The highest BCUT2D eigenvalue weighted by Gasteiger charge is 2.34. The van der Waals surface area contributed by atoms with Gasteiger partial charge in [-0.25, -0.2) is 13.2 Å². The molecule has 1 aliphatic heterocycles. The van der Waals surface area contributed by atoms with Crippen LogP contribution in [0.3, 0.4) is 0 Å². The first-order valence-electron chi connectivity index (χ1n) is 9.64. The molecular formula is C21H25ClN2O4S2. The van der Waals surface area contributed by atoms with Crippen LogP contribution in [-0.4, -0.2) is 44.7 Å². The Kier molecular flexibility index (Phi) is 7.81. The average Bonchev–Trinajstić information content (AvgIpc) is 2.76. The van der Waals surface area contributed by atoms with Crippen LogP contribution in [0.4, 0.5) is 0 Å². The van der Waals surface area contributed by atoms with Gasteiger partial charge in [-0.1, -0.05) is 41.9 Å². The van der Waals surface area contributed by atoms with Crippen molar-refractivity contribution in [1.29, 1.82) is 0 Å². The summed E-state index contributed by atoms with van der Waals surface area (Å²) in [5.74, 6) is -0.373. The number of ether oxygens (including phenoxy) is 1. The third-order valence-corrected chi connectivity index (χ3v) is 9.52. The summed E-state index contributed by atoms with van der Waals surface area (Å²) in [6.07, 6.45) is 1.28. The minimum absolute atomic E-state index is 0.0509. The molecule has 30 heavy (non-hydrogen) atoms. The number of hydrogen-bond donors (Lipinski definition) is 1. The number of nitrogens with zero attached hydrogens (tertiary/aromatic N) is 1. The van der Waals surface area contributed by atoms with Crippen molar-refractivity contribution < 1.29 is 17.9 Å². The first-order valence-corrected chi connectivity index (χ1v) is 12.9. The molecule has 1 aliphatic rings. The number of carbonyl (C=O) groups is 1. The molecule has 0 amide bonds. The maximum Gasteiger partial charge on any atom is 0.327 e. The van der Waals surface area contributed by atoms with Gasteiger partial charge in [0.25, 0.3) is 0 Å². The number of piperidine rings is 1. The smallest absolute Gasteiger partial charge is 0.327 e. The Morgan fingerprint density at radius 3 is 2.40 bits per heavy atom. The largest absolute Gasteiger partial charge is 0.468 e. The lowest BCUT2D eigenvalue weighted by Crippen LogP contribution is -2.41. The van der Waals surface area contributed by atoms with Gasteiger partial charge in [0, 0.05) is 29.9 Å². The molecular weight excluding hydrogens is 444 g/mol. The molecule has 0 saturated carbocycles. The van der Waals surface area contributed by atoms with Crippen LogP contribution in [0.25, 0.3) is 0 Å². The Labute approximate surface area is 186 Å². The fraction of sp³-hybridized carbons (Fsp3) is 0.381. The zero-order valence-corrected chi connectivity index (χ0v) is 19.0. The summed E-state index contributed by atoms with van der Waals surface area (Å²) in [7, 11) is -1.11. The molecule has 2 aromatic rings. The van der Waals surface area contributed by atoms with Crippen LogP contribution >= 0.6 is 22.4 Å². The van der Waals surface area contributed by atoms with E-state index in [-0.39, 0.29) is 16.1 Å². The van der Waals surface area contributed by atoms with Gasteiger partial charge in [-0.05, 0) is 53.0 Å². The molecule has 0 spiro atoms. The summed E-state index contributed by atoms with van der Waals surface area (Å²) < 4.78 is 30.5. The second-order valence-electron chi connectivity index (χ2n) is 7.08. The molecule has 0 bridgehead atoms. The second kappa shape index (κ2) is 10.2. The quantitative estimate of drug-likeness (QED) is 0.490. The van der Waals surface area contributed by atoms with E-state index < -0.39 is 14.9 Å². The van der Waals surface area contributed by atoms with E-state index in [0.29, 0.717) is 43.1 Å². The molecule has 0 radical (unpaired) electrons. The zero-order chi connectivity index (χ0) is 21.7. The van der Waals surface area contributed by atoms with Gasteiger partial charge in [0.2, 0.25) is 8.87 Å². The third kappa shape index (κ3) is 5.36. The minimum Gasteiger partial charge on any atom is -0.468 e. The minimum atomic E-state index is -3.46. The van der Waals surface area contributed by atoms with Crippen LogP contribution in [0.5, 0.6) is 0 Å². The third-order valence-electron chi connectivity index (χ3n) is 5.18. The Morgan fingerprint density at radius 2 is 1.83 bits per heavy atom. The molecule has 1 heterocycles. The van der Waals surface area contributed by atoms with Gasteiger partial charge in [-0.15, -0.1) is 0 Å². The molecule has 0 aliphatic carbocycles. The Hall–Kier alpha value is -1.58. The summed E-state index contributed by atoms with van der Waals surface area (Å²) in [5.41, 5.74) is 7.17. The predicted octanol–water partition coefficient (Wildman–Crippen LogP) is 3.60. The van der Waals surface area contributed by atoms with Crippen LogP contribution in [0.15, 0.2) is 53.4 Å². The van der Waals surface area contributed by atoms with E-state index in [1.807, 2.05) is 23.1 Å². The van der Waals surface area contributed by atoms with Gasteiger partial charge in [0.15, 0.2) is 0 Å². The molecule has 9 heteroatoms. The summed E-state index contributed by atoms with van der Waals surface area (Å²) in [6, 6.07) is 13.3. The highest BCUT2D eigenvalue weighted by atomic mass is 35.5. The van der Waals surface area contributed by atoms with Crippen molar-refractivity contribution >= 4 is 37.2 Å². The van der Waals surface area contributed by atoms with Crippen molar-refractivity contribution in [3.63, 3.8) is 0 Å². The fourth-order valence-electron chi connectivity index (χ4n) is 3.54. The summed E-state index contributed by atoms with van der Waals surface area (Å²) >= 11 is 6.32. The van der Waals surface area contributed by atoms with Gasteiger partial charge in [-0.3, -0.25) is 4.90 Å². The number of benzene rings is 2. The fourth-order valence-corrected chi connectivity index (χ4v) is 7.44. The van der Waals surface area contributed by atoms with Crippen LogP contribution in [0.2, 0.25) is 5.02 Å². The van der Waals surface area contributed by atoms with Gasteiger partial charge >= 0.3 is 5.97 Å². The van der Waals surface area contributed by atoms with Crippen molar-refractivity contribution in [2.24, 2.45) is 5.73 Å². The van der Waals surface area contributed by atoms with Crippen molar-refractivity contribution in [1.82, 2.24) is 4.90 Å². The van der Waals surface area contributed by atoms with Gasteiger partial charge in [-0.2, -0.15) is 0 Å². The molecule has 2 N–H and O–H groups in total. The van der Waals surface area contributed by atoms with Crippen LogP contribution < -0.4 is 5.73 Å². The first-order chi connectivity index (χ1) is 14.4. The summed E-state index contributed by atoms with van der Waals surface area (Å²) in [5, 5.41) is 0.456. The van der Waals surface area contributed by atoms with E-state index in [1.54, 1.807) is 30.3 Å². The topological polar surface area (TPSA) is 89.7 Å². The first kappa shape index (κ1) is 23.1. The van der Waals surface area contributed by atoms with Gasteiger partial charge in [0.05, 0.1) is 12.0 Å². The van der Waals surface area contributed by atoms with E-state index in [4.69, 9.17) is 22.1 Å². The van der Waals surface area contributed by atoms with E-state index in [2.05, 4.69) is 0 Å². The Morgan fingerprint density at radius 1 is 1.20 bits per heavy atom. The van der Waals surface area contributed by atoms with Gasteiger partial charge in [0.1, 0.15) is 6.04 Å². The maximum atomic E-state index is 12.8. The van der Waals surface area contributed by atoms with E-state index in [0.717, 1.165) is 16.4 Å². The molecule has 162 valence electrons. The SMILES string of the molecule is COC(=O)C(c1ccccc1Cl)N1CCC(SS(=O)(=O)c2ccc(CN)cc2)CC1. The number of likely N-dealkylation sites (tertiary alicyclic amines) is 1. The van der Waals surface area contributed by atoms with Crippen molar-refractivity contribution in [2.75, 3.05) is 20.2 Å². The lowest BCUT2D eigenvalue weighted by Gasteiger charge is -2.36. The van der Waals surface area contributed by atoms with Crippen LogP contribution in [-0.2, 0) is 24.9 Å². The monoisotopic (exact) mass is 468 g/mol. The molecule has 2 aromatic carbocycles. The van der Waals surface area contributed by atoms with Crippen LogP contribution in [0.1, 0.15) is 30.0 Å².